The highest BCUT2D eigenvalue weighted by atomic mass is 19.1. The molecule has 3 N–H and O–H groups in total. The van der Waals surface area contributed by atoms with Crippen LogP contribution in [0.2, 0.25) is 0 Å². The Balaban J connectivity index is 2.92. The Bertz CT molecular complexity index is 582. The number of nitrogen functional groups attached to an aromatic ring is 1. The van der Waals surface area contributed by atoms with E-state index in [-0.39, 0.29) is 5.52 Å². The lowest BCUT2D eigenvalue weighted by Crippen LogP contribution is -2.11. The maximum Gasteiger partial charge on any atom is 0.152 e. The van der Waals surface area contributed by atoms with E-state index in [1.165, 1.54) is 6.07 Å². The molecule has 1 heterocycles. The Morgan fingerprint density at radius 3 is 2.65 bits per heavy atom. The number of hydrazine groups is 1. The fraction of sp³-hybridized carbons (Fsp3) is 0.250. The number of hydrogen-bond acceptors (Lipinski definition) is 3. The van der Waals surface area contributed by atoms with Crippen LogP contribution in [-0.2, 0) is 6.42 Å². The van der Waals surface area contributed by atoms with Crippen LogP contribution in [0.5, 0.6) is 0 Å². The van der Waals surface area contributed by atoms with E-state index >= 15 is 0 Å². The molecule has 0 fully saturated rings. The number of anilines is 1. The molecule has 17 heavy (non-hydrogen) atoms. The molecule has 0 radical (unpaired) electrons. The number of fused-ring (bicyclic) bond motifs is 1. The van der Waals surface area contributed by atoms with Crippen molar-refractivity contribution in [2.75, 3.05) is 5.43 Å². The average molecular weight is 237 g/mol. The van der Waals surface area contributed by atoms with Crippen LogP contribution >= 0.6 is 0 Å². The Hall–Kier alpha value is -1.75. The molecular weight excluding hydrogens is 224 g/mol. The quantitative estimate of drug-likeness (QED) is 0.623. The lowest BCUT2D eigenvalue weighted by atomic mass is 10.1. The summed E-state index contributed by atoms with van der Waals surface area (Å²) in [5, 5.41) is 0.361. The number of aryl methyl sites for hydroxylation is 1. The summed E-state index contributed by atoms with van der Waals surface area (Å²) in [6, 6.07) is 2.05. The third-order valence-electron chi connectivity index (χ3n) is 2.83. The first-order chi connectivity index (χ1) is 8.08. The molecule has 0 aliphatic heterocycles. The topological polar surface area (TPSA) is 50.9 Å². The van der Waals surface area contributed by atoms with Gasteiger partial charge in [-0.15, -0.1) is 0 Å². The Morgan fingerprint density at radius 2 is 2.06 bits per heavy atom. The second-order valence-corrected chi connectivity index (χ2v) is 3.84. The number of aromatic nitrogens is 1. The number of rotatable bonds is 2. The van der Waals surface area contributed by atoms with Gasteiger partial charge in [-0.2, -0.15) is 0 Å². The van der Waals surface area contributed by atoms with Crippen LogP contribution in [0.15, 0.2) is 12.1 Å². The van der Waals surface area contributed by atoms with Gasteiger partial charge in [0, 0.05) is 17.1 Å². The maximum absolute atomic E-state index is 13.6. The van der Waals surface area contributed by atoms with Crippen molar-refractivity contribution in [1.82, 2.24) is 4.98 Å². The van der Waals surface area contributed by atoms with E-state index in [1.54, 1.807) is 0 Å². The van der Waals surface area contributed by atoms with Crippen LogP contribution in [0.3, 0.4) is 0 Å². The van der Waals surface area contributed by atoms with Gasteiger partial charge < -0.3 is 5.43 Å². The molecule has 0 amide bonds. The van der Waals surface area contributed by atoms with Crippen LogP contribution in [0.4, 0.5) is 14.5 Å². The standard InChI is InChI=1S/C12H13F2N3/c1-3-10-6(2)11(17-15)8-4-7(13)5-9(14)12(8)16-10/h4-5H,3,15H2,1-2H3,(H,16,17). The first-order valence-corrected chi connectivity index (χ1v) is 5.33. The third-order valence-corrected chi connectivity index (χ3v) is 2.83. The van der Waals surface area contributed by atoms with Gasteiger partial charge in [0.25, 0.3) is 0 Å². The minimum Gasteiger partial charge on any atom is -0.323 e. The summed E-state index contributed by atoms with van der Waals surface area (Å²) in [6.45, 7) is 3.74. The summed E-state index contributed by atoms with van der Waals surface area (Å²) >= 11 is 0. The first-order valence-electron chi connectivity index (χ1n) is 5.33. The largest absolute Gasteiger partial charge is 0.323 e. The lowest BCUT2D eigenvalue weighted by molar-refractivity contribution is 0.590. The summed E-state index contributed by atoms with van der Waals surface area (Å²) in [6.07, 6.45) is 0.660. The molecule has 0 aliphatic carbocycles. The molecule has 5 heteroatoms. The van der Waals surface area contributed by atoms with E-state index in [2.05, 4.69) is 10.4 Å². The van der Waals surface area contributed by atoms with Crippen molar-refractivity contribution in [3.63, 3.8) is 0 Å². The van der Waals surface area contributed by atoms with Crippen molar-refractivity contribution < 1.29 is 8.78 Å². The smallest absolute Gasteiger partial charge is 0.152 e. The highest BCUT2D eigenvalue weighted by molar-refractivity contribution is 5.93. The zero-order chi connectivity index (χ0) is 12.6. The average Bonchev–Trinajstić information content (AvgIpc) is 2.28. The fourth-order valence-electron chi connectivity index (χ4n) is 1.97. The minimum atomic E-state index is -0.675. The summed E-state index contributed by atoms with van der Waals surface area (Å²) in [5.41, 5.74) is 4.71. The number of halogens is 2. The van der Waals surface area contributed by atoms with E-state index < -0.39 is 11.6 Å². The number of hydrogen-bond donors (Lipinski definition) is 2. The van der Waals surface area contributed by atoms with Crippen LogP contribution < -0.4 is 11.3 Å². The summed E-state index contributed by atoms with van der Waals surface area (Å²) in [4.78, 5) is 4.21. The molecule has 0 spiro atoms. The van der Waals surface area contributed by atoms with Crippen molar-refractivity contribution in [2.24, 2.45) is 5.84 Å². The van der Waals surface area contributed by atoms with Crippen LogP contribution in [0.1, 0.15) is 18.2 Å². The second-order valence-electron chi connectivity index (χ2n) is 3.84. The van der Waals surface area contributed by atoms with Crippen LogP contribution in [0, 0.1) is 18.6 Å². The predicted octanol–water partition coefficient (Wildman–Crippen LogP) is 2.67. The van der Waals surface area contributed by atoms with E-state index in [0.717, 1.165) is 17.3 Å². The molecule has 2 rings (SSSR count). The van der Waals surface area contributed by atoms with E-state index in [1.807, 2.05) is 13.8 Å². The van der Waals surface area contributed by atoms with Gasteiger partial charge in [-0.3, -0.25) is 5.84 Å². The molecule has 3 nitrogen and oxygen atoms in total. The molecule has 0 saturated carbocycles. The fourth-order valence-corrected chi connectivity index (χ4v) is 1.97. The minimum absolute atomic E-state index is 0.141. The summed E-state index contributed by atoms with van der Waals surface area (Å²) in [7, 11) is 0. The van der Waals surface area contributed by atoms with Crippen molar-refractivity contribution in [2.45, 2.75) is 20.3 Å². The number of benzene rings is 1. The van der Waals surface area contributed by atoms with Gasteiger partial charge in [0.15, 0.2) is 5.82 Å². The Kier molecular flexibility index (Phi) is 2.93. The maximum atomic E-state index is 13.6. The molecular formula is C12H13F2N3. The van der Waals surface area contributed by atoms with Gasteiger partial charge in [0.05, 0.1) is 5.69 Å². The van der Waals surface area contributed by atoms with Gasteiger partial charge in [-0.25, -0.2) is 13.8 Å². The lowest BCUT2D eigenvalue weighted by Gasteiger charge is -2.13. The van der Waals surface area contributed by atoms with Gasteiger partial charge in [0.1, 0.15) is 11.3 Å². The van der Waals surface area contributed by atoms with Crippen LogP contribution in [-0.4, -0.2) is 4.98 Å². The number of pyridine rings is 1. The molecule has 0 aliphatic rings. The van der Waals surface area contributed by atoms with Crippen LogP contribution in [0.25, 0.3) is 10.9 Å². The summed E-state index contributed by atoms with van der Waals surface area (Å²) in [5.74, 6) is 4.10. The van der Waals surface area contributed by atoms with Gasteiger partial charge >= 0.3 is 0 Å². The van der Waals surface area contributed by atoms with E-state index in [9.17, 15) is 8.78 Å². The highest BCUT2D eigenvalue weighted by Crippen LogP contribution is 2.29. The van der Waals surface area contributed by atoms with Crippen molar-refractivity contribution in [1.29, 1.82) is 0 Å². The van der Waals surface area contributed by atoms with Crippen molar-refractivity contribution in [3.8, 4) is 0 Å². The molecule has 0 unspecified atom stereocenters. The number of nitrogens with one attached hydrogen (secondary N) is 1. The van der Waals surface area contributed by atoms with Crippen molar-refractivity contribution >= 4 is 16.6 Å². The van der Waals surface area contributed by atoms with Gasteiger partial charge in [-0.05, 0) is 25.0 Å². The van der Waals surface area contributed by atoms with Gasteiger partial charge in [-0.1, -0.05) is 6.92 Å². The molecule has 90 valence electrons. The van der Waals surface area contributed by atoms with Crippen molar-refractivity contribution in [3.05, 3.63) is 35.0 Å². The molecule has 0 saturated heterocycles. The first kappa shape index (κ1) is 11.7. The SMILES string of the molecule is CCc1nc2c(F)cc(F)cc2c(NN)c1C. The van der Waals surface area contributed by atoms with E-state index in [4.69, 9.17) is 5.84 Å². The number of nitrogens with zero attached hydrogens (tertiary/aromatic N) is 1. The zero-order valence-corrected chi connectivity index (χ0v) is 9.64. The highest BCUT2D eigenvalue weighted by Gasteiger charge is 2.14. The molecule has 1 aromatic heterocycles. The Morgan fingerprint density at radius 1 is 1.35 bits per heavy atom. The second kappa shape index (κ2) is 4.25. The number of nitrogens with two attached hydrogens (primary N) is 1. The zero-order valence-electron chi connectivity index (χ0n) is 9.64. The molecule has 2 aromatic rings. The summed E-state index contributed by atoms with van der Waals surface area (Å²) < 4.78 is 26.8. The molecule has 0 bridgehead atoms. The predicted molar refractivity (Wildman–Crippen MR) is 63.6 cm³/mol. The Labute approximate surface area is 97.6 Å². The van der Waals surface area contributed by atoms with E-state index in [0.29, 0.717) is 17.5 Å². The molecule has 0 atom stereocenters. The monoisotopic (exact) mass is 237 g/mol. The van der Waals surface area contributed by atoms with Gasteiger partial charge in [0.2, 0.25) is 0 Å². The normalized spacial score (nSPS) is 10.9. The molecule has 1 aromatic carbocycles. The third kappa shape index (κ3) is 1.82.